The summed E-state index contributed by atoms with van der Waals surface area (Å²) in [6.45, 7) is 4.47. The van der Waals surface area contributed by atoms with Gasteiger partial charge in [0.15, 0.2) is 0 Å². The third-order valence-electron chi connectivity index (χ3n) is 5.45. The average Bonchev–Trinajstić information content (AvgIpc) is 2.76. The van der Waals surface area contributed by atoms with E-state index in [4.69, 9.17) is 5.73 Å². The molecule has 1 aliphatic rings. The molecule has 2 amide bonds. The lowest BCUT2D eigenvalue weighted by atomic mass is 9.79. The second-order valence-electron chi connectivity index (χ2n) is 8.31. The normalized spacial score (nSPS) is 14.3. The van der Waals surface area contributed by atoms with E-state index in [-0.39, 0.29) is 16.9 Å². The Morgan fingerprint density at radius 3 is 2.66 bits per heavy atom. The van der Waals surface area contributed by atoms with Crippen LogP contribution in [0.15, 0.2) is 42.6 Å². The number of fused-ring (bicyclic) bond motifs is 1. The number of nitrogens with one attached hydrogen (secondary N) is 3. The number of primary amides is 1. The number of hydrogen-bond acceptors (Lipinski definition) is 7. The number of aromatic nitrogens is 3. The standard InChI is InChI=1S/C23H25N7O2/c1-23(2)11-19(31)30-22-15(23)5-7-17(29-22)16-6-4-14(20(24)32)21(28-16)27-12-13-8-9-26-18(10-13)25-3/h4-10H,11-12H2,1-3H3,(H2,24,32)(H,25,26)(H,27,28)(H,29,30,31). The molecule has 9 heteroatoms. The van der Waals surface area contributed by atoms with Crippen molar-refractivity contribution < 1.29 is 9.59 Å². The van der Waals surface area contributed by atoms with Gasteiger partial charge in [0, 0.05) is 37.2 Å². The topological polar surface area (TPSA) is 135 Å². The van der Waals surface area contributed by atoms with Crippen LogP contribution in [0.3, 0.4) is 0 Å². The molecule has 32 heavy (non-hydrogen) atoms. The molecule has 4 rings (SSSR count). The molecule has 164 valence electrons. The van der Waals surface area contributed by atoms with Gasteiger partial charge in [0.25, 0.3) is 5.91 Å². The van der Waals surface area contributed by atoms with E-state index in [1.807, 2.05) is 38.1 Å². The fraction of sp³-hybridized carbons (Fsp3) is 0.261. The molecule has 3 aromatic rings. The van der Waals surface area contributed by atoms with E-state index in [0.717, 1.165) is 16.9 Å². The molecule has 0 aromatic carbocycles. The SMILES string of the molecule is CNc1cc(CNc2nc(-c3ccc4c(n3)NC(=O)CC4(C)C)ccc2C(N)=O)ccn1. The number of nitrogens with two attached hydrogens (primary N) is 1. The van der Waals surface area contributed by atoms with E-state index in [9.17, 15) is 9.59 Å². The molecule has 0 unspecified atom stereocenters. The van der Waals surface area contributed by atoms with E-state index in [2.05, 4.69) is 30.9 Å². The van der Waals surface area contributed by atoms with Crippen LogP contribution in [0.1, 0.15) is 41.8 Å². The number of rotatable bonds is 6. The minimum Gasteiger partial charge on any atom is -0.373 e. The van der Waals surface area contributed by atoms with Crippen molar-refractivity contribution in [3.05, 3.63) is 59.3 Å². The van der Waals surface area contributed by atoms with Gasteiger partial charge in [-0.05, 0) is 35.9 Å². The zero-order valence-electron chi connectivity index (χ0n) is 18.2. The van der Waals surface area contributed by atoms with Gasteiger partial charge in [-0.2, -0.15) is 0 Å². The van der Waals surface area contributed by atoms with Gasteiger partial charge in [0.1, 0.15) is 17.5 Å². The maximum Gasteiger partial charge on any atom is 0.252 e. The van der Waals surface area contributed by atoms with Crippen LogP contribution in [0.5, 0.6) is 0 Å². The molecule has 0 saturated carbocycles. The maximum absolute atomic E-state index is 12.1. The number of nitrogens with zero attached hydrogens (tertiary/aromatic N) is 3. The molecule has 0 spiro atoms. The minimum atomic E-state index is -0.579. The van der Waals surface area contributed by atoms with Crippen LogP contribution >= 0.6 is 0 Å². The highest BCUT2D eigenvalue weighted by atomic mass is 16.2. The molecule has 0 atom stereocenters. The Morgan fingerprint density at radius 1 is 1.16 bits per heavy atom. The zero-order valence-corrected chi connectivity index (χ0v) is 18.2. The molecule has 0 aliphatic carbocycles. The van der Waals surface area contributed by atoms with E-state index >= 15 is 0 Å². The third-order valence-corrected chi connectivity index (χ3v) is 5.45. The summed E-state index contributed by atoms with van der Waals surface area (Å²) in [5.74, 6) is 0.996. The quantitative estimate of drug-likeness (QED) is 0.471. The molecular weight excluding hydrogens is 406 g/mol. The maximum atomic E-state index is 12.1. The lowest BCUT2D eigenvalue weighted by molar-refractivity contribution is -0.117. The molecule has 0 fully saturated rings. The van der Waals surface area contributed by atoms with Gasteiger partial charge in [-0.3, -0.25) is 9.59 Å². The lowest BCUT2D eigenvalue weighted by Gasteiger charge is -2.31. The van der Waals surface area contributed by atoms with Crippen molar-refractivity contribution in [2.75, 3.05) is 23.0 Å². The minimum absolute atomic E-state index is 0.0650. The largest absolute Gasteiger partial charge is 0.373 e. The third kappa shape index (κ3) is 4.22. The van der Waals surface area contributed by atoms with E-state index < -0.39 is 5.91 Å². The fourth-order valence-electron chi connectivity index (χ4n) is 3.76. The zero-order chi connectivity index (χ0) is 22.9. The lowest BCUT2D eigenvalue weighted by Crippen LogP contribution is -2.33. The number of carbonyl (C=O) groups excluding carboxylic acids is 2. The Balaban J connectivity index is 1.66. The van der Waals surface area contributed by atoms with Crippen LogP contribution in [0.4, 0.5) is 17.5 Å². The molecular formula is C23H25N7O2. The summed E-state index contributed by atoms with van der Waals surface area (Å²) in [6.07, 6.45) is 2.11. The smallest absolute Gasteiger partial charge is 0.252 e. The van der Waals surface area contributed by atoms with E-state index in [1.54, 1.807) is 25.4 Å². The summed E-state index contributed by atoms with van der Waals surface area (Å²) < 4.78 is 0. The van der Waals surface area contributed by atoms with Gasteiger partial charge in [-0.1, -0.05) is 19.9 Å². The van der Waals surface area contributed by atoms with Gasteiger partial charge in [0.2, 0.25) is 5.91 Å². The Labute approximate surface area is 185 Å². The number of amides is 2. The monoisotopic (exact) mass is 431 g/mol. The second-order valence-corrected chi connectivity index (χ2v) is 8.31. The first-order chi connectivity index (χ1) is 15.3. The average molecular weight is 432 g/mol. The van der Waals surface area contributed by atoms with Gasteiger partial charge in [0.05, 0.1) is 17.0 Å². The van der Waals surface area contributed by atoms with E-state index in [1.165, 1.54) is 0 Å². The van der Waals surface area contributed by atoms with Gasteiger partial charge in [-0.25, -0.2) is 15.0 Å². The van der Waals surface area contributed by atoms with Crippen molar-refractivity contribution in [2.45, 2.75) is 32.2 Å². The van der Waals surface area contributed by atoms with Crippen LogP contribution in [0.25, 0.3) is 11.4 Å². The molecule has 9 nitrogen and oxygen atoms in total. The van der Waals surface area contributed by atoms with Crippen molar-refractivity contribution >= 4 is 29.3 Å². The van der Waals surface area contributed by atoms with Crippen LogP contribution in [-0.2, 0) is 16.8 Å². The molecule has 1 aliphatic heterocycles. The summed E-state index contributed by atoms with van der Waals surface area (Å²) in [6, 6.07) is 10.9. The molecule has 5 N–H and O–H groups in total. The molecule has 0 saturated heterocycles. The van der Waals surface area contributed by atoms with Crippen molar-refractivity contribution in [1.82, 2.24) is 15.0 Å². The summed E-state index contributed by atoms with van der Waals surface area (Å²) in [5.41, 5.74) is 8.62. The number of hydrogen-bond donors (Lipinski definition) is 4. The first-order valence-electron chi connectivity index (χ1n) is 10.3. The van der Waals surface area contributed by atoms with Crippen LogP contribution in [-0.4, -0.2) is 33.8 Å². The summed E-state index contributed by atoms with van der Waals surface area (Å²) in [7, 11) is 1.80. The highest BCUT2D eigenvalue weighted by molar-refractivity contribution is 5.98. The van der Waals surface area contributed by atoms with Crippen LogP contribution < -0.4 is 21.7 Å². The van der Waals surface area contributed by atoms with Gasteiger partial charge < -0.3 is 21.7 Å². The van der Waals surface area contributed by atoms with Crippen molar-refractivity contribution in [2.24, 2.45) is 5.73 Å². The summed E-state index contributed by atoms with van der Waals surface area (Å²) in [4.78, 5) is 37.5. The summed E-state index contributed by atoms with van der Waals surface area (Å²) >= 11 is 0. The predicted octanol–water partition coefficient (Wildman–Crippen LogP) is 2.91. The Kier molecular flexibility index (Phi) is 5.48. The molecule has 0 bridgehead atoms. The highest BCUT2D eigenvalue weighted by Crippen LogP contribution is 2.37. The Hall–Kier alpha value is -4.01. The Morgan fingerprint density at radius 2 is 1.91 bits per heavy atom. The Bertz CT molecular complexity index is 1210. The fourth-order valence-corrected chi connectivity index (χ4v) is 3.76. The second kappa shape index (κ2) is 8.26. The van der Waals surface area contributed by atoms with Gasteiger partial charge in [-0.15, -0.1) is 0 Å². The van der Waals surface area contributed by atoms with Gasteiger partial charge >= 0.3 is 0 Å². The van der Waals surface area contributed by atoms with Crippen molar-refractivity contribution in [3.8, 4) is 11.4 Å². The number of pyridine rings is 3. The summed E-state index contributed by atoms with van der Waals surface area (Å²) in [5, 5.41) is 9.03. The predicted molar refractivity (Wildman–Crippen MR) is 123 cm³/mol. The first-order valence-corrected chi connectivity index (χ1v) is 10.3. The van der Waals surface area contributed by atoms with Crippen LogP contribution in [0, 0.1) is 0 Å². The van der Waals surface area contributed by atoms with E-state index in [0.29, 0.717) is 36.0 Å². The first kappa shape index (κ1) is 21.2. The molecule has 4 heterocycles. The van der Waals surface area contributed by atoms with Crippen LogP contribution in [0.2, 0.25) is 0 Å². The van der Waals surface area contributed by atoms with Crippen molar-refractivity contribution in [1.29, 1.82) is 0 Å². The van der Waals surface area contributed by atoms with Crippen molar-refractivity contribution in [3.63, 3.8) is 0 Å². The highest BCUT2D eigenvalue weighted by Gasteiger charge is 2.33. The number of anilines is 3. The number of carbonyl (C=O) groups is 2. The molecule has 0 radical (unpaired) electrons. The molecule has 3 aromatic heterocycles.